The fourth-order valence-corrected chi connectivity index (χ4v) is 5.29. The highest BCUT2D eigenvalue weighted by Crippen LogP contribution is 2.28. The number of rotatable bonds is 7. The van der Waals surface area contributed by atoms with Crippen molar-refractivity contribution in [2.45, 2.75) is 18.0 Å². The summed E-state index contributed by atoms with van der Waals surface area (Å²) >= 11 is 1.24. The molecule has 0 aliphatic heterocycles. The van der Waals surface area contributed by atoms with Gasteiger partial charge in [0.2, 0.25) is 5.91 Å². The van der Waals surface area contributed by atoms with E-state index < -0.39 is 9.84 Å². The number of nitrogens with one attached hydrogen (secondary N) is 1. The maximum Gasteiger partial charge on any atom is 0.246 e. The lowest BCUT2D eigenvalue weighted by molar-refractivity contribution is -0.116. The number of thiazole rings is 1. The van der Waals surface area contributed by atoms with Gasteiger partial charge in [-0.05, 0) is 48.0 Å². The number of carbonyl (C=O) groups is 1. The van der Waals surface area contributed by atoms with Crippen LogP contribution in [0.3, 0.4) is 0 Å². The number of hydrogen-bond acceptors (Lipinski definition) is 6. The van der Waals surface area contributed by atoms with Gasteiger partial charge in [0.25, 0.3) is 0 Å². The van der Waals surface area contributed by atoms with Crippen LogP contribution in [0.15, 0.2) is 83.9 Å². The highest BCUT2D eigenvalue weighted by Gasteiger charge is 2.13. The topological polar surface area (TPSA) is 90.3 Å². The van der Waals surface area contributed by atoms with Crippen LogP contribution in [0.5, 0.6) is 5.75 Å². The van der Waals surface area contributed by atoms with Crippen molar-refractivity contribution in [3.8, 4) is 5.75 Å². The number of sulfone groups is 1. The van der Waals surface area contributed by atoms with Crippen molar-refractivity contribution in [1.29, 1.82) is 0 Å². The highest BCUT2D eigenvalue weighted by atomic mass is 32.2. The van der Waals surface area contributed by atoms with E-state index in [1.807, 2.05) is 65.4 Å². The zero-order valence-electron chi connectivity index (χ0n) is 18.3. The number of hydrogen-bond donors (Lipinski definition) is 1. The maximum absolute atomic E-state index is 12.7. The third-order valence-corrected chi connectivity index (χ3v) is 7.38. The zero-order chi connectivity index (χ0) is 23.7. The fourth-order valence-electron chi connectivity index (χ4n) is 3.65. The highest BCUT2D eigenvalue weighted by molar-refractivity contribution is 7.90. The van der Waals surface area contributed by atoms with Gasteiger partial charge in [-0.1, -0.05) is 41.7 Å². The van der Waals surface area contributed by atoms with E-state index in [0.717, 1.165) is 28.5 Å². The number of anilines is 1. The molecule has 0 fully saturated rings. The van der Waals surface area contributed by atoms with Gasteiger partial charge in [0, 0.05) is 23.4 Å². The molecule has 0 aliphatic rings. The van der Waals surface area contributed by atoms with E-state index in [0.29, 0.717) is 22.0 Å². The first-order valence-corrected chi connectivity index (χ1v) is 13.2. The van der Waals surface area contributed by atoms with Gasteiger partial charge in [-0.15, -0.1) is 0 Å². The molecule has 2 heterocycles. The summed E-state index contributed by atoms with van der Waals surface area (Å²) in [4.78, 5) is 17.3. The molecule has 0 atom stereocenters. The summed E-state index contributed by atoms with van der Waals surface area (Å²) in [5.41, 5.74) is 2.66. The van der Waals surface area contributed by atoms with Gasteiger partial charge < -0.3 is 14.6 Å². The number of carbonyl (C=O) groups excluding carboxylic acids is 1. The van der Waals surface area contributed by atoms with Crippen LogP contribution in [0.1, 0.15) is 5.56 Å². The van der Waals surface area contributed by atoms with Crippen molar-refractivity contribution in [3.05, 3.63) is 84.6 Å². The molecule has 1 amide bonds. The van der Waals surface area contributed by atoms with E-state index in [1.165, 1.54) is 17.4 Å². The molecule has 0 saturated heterocycles. The monoisotopic (exact) mass is 491 g/mol. The lowest BCUT2D eigenvalue weighted by atomic mass is 10.2. The number of benzene rings is 3. The molecular weight excluding hydrogens is 470 g/mol. The van der Waals surface area contributed by atoms with Crippen molar-refractivity contribution >= 4 is 53.3 Å². The van der Waals surface area contributed by atoms with Crippen LogP contribution in [0.4, 0.5) is 5.13 Å². The molecule has 5 aromatic rings. The van der Waals surface area contributed by atoms with E-state index in [-0.39, 0.29) is 17.3 Å². The second-order valence-corrected chi connectivity index (χ2v) is 11.0. The first-order valence-electron chi connectivity index (χ1n) is 10.5. The van der Waals surface area contributed by atoms with Gasteiger partial charge in [0.05, 0.1) is 15.1 Å². The van der Waals surface area contributed by atoms with E-state index in [4.69, 9.17) is 4.74 Å². The Bertz CT molecular complexity index is 1610. The second kappa shape index (κ2) is 8.92. The summed E-state index contributed by atoms with van der Waals surface area (Å²) in [6.07, 6.45) is 3.03. The number of amides is 1. The Balaban J connectivity index is 1.27. The average Bonchev–Trinajstić information content (AvgIpc) is 3.40. The summed E-state index contributed by atoms with van der Waals surface area (Å²) in [6.45, 7) is 0.613. The van der Waals surface area contributed by atoms with Crippen LogP contribution in [-0.2, 0) is 27.8 Å². The Kier molecular flexibility index (Phi) is 5.80. The normalized spacial score (nSPS) is 11.7. The van der Waals surface area contributed by atoms with E-state index in [1.54, 1.807) is 12.1 Å². The standard InChI is InChI=1S/C25H21N3O4S2/c1-34(30,31)20-8-9-21-23(14-20)33-25(26-21)27-24(29)15-28-12-11-18-13-19(7-10-22(18)28)32-16-17-5-3-2-4-6-17/h2-14H,15-16H2,1H3,(H,26,27,29). The zero-order valence-corrected chi connectivity index (χ0v) is 19.9. The van der Waals surface area contributed by atoms with Crippen LogP contribution in [0.2, 0.25) is 0 Å². The van der Waals surface area contributed by atoms with Gasteiger partial charge in [-0.25, -0.2) is 13.4 Å². The van der Waals surface area contributed by atoms with Crippen LogP contribution in [-0.4, -0.2) is 30.1 Å². The van der Waals surface area contributed by atoms with Crippen LogP contribution >= 0.6 is 11.3 Å². The lowest BCUT2D eigenvalue weighted by Crippen LogP contribution is -2.18. The minimum absolute atomic E-state index is 0.123. The first kappa shape index (κ1) is 22.1. The molecule has 9 heteroatoms. The lowest BCUT2D eigenvalue weighted by Gasteiger charge is -2.08. The Morgan fingerprint density at radius 2 is 1.88 bits per heavy atom. The summed E-state index contributed by atoms with van der Waals surface area (Å²) in [5.74, 6) is 0.547. The minimum Gasteiger partial charge on any atom is -0.489 e. The molecule has 34 heavy (non-hydrogen) atoms. The summed E-state index contributed by atoms with van der Waals surface area (Å²) in [5, 5.41) is 4.22. The van der Waals surface area contributed by atoms with Gasteiger partial charge >= 0.3 is 0 Å². The van der Waals surface area contributed by atoms with Crippen LogP contribution in [0.25, 0.3) is 21.1 Å². The smallest absolute Gasteiger partial charge is 0.246 e. The summed E-state index contributed by atoms with van der Waals surface area (Å²) in [7, 11) is -3.31. The predicted octanol–water partition coefficient (Wildman–Crippen LogP) is 4.87. The summed E-state index contributed by atoms with van der Waals surface area (Å²) in [6, 6.07) is 22.5. The number of ether oxygens (including phenoxy) is 1. The molecule has 0 spiro atoms. The number of aromatic nitrogens is 2. The average molecular weight is 492 g/mol. The molecule has 7 nitrogen and oxygen atoms in total. The Morgan fingerprint density at radius 1 is 1.06 bits per heavy atom. The Labute approximate surface area is 200 Å². The first-order chi connectivity index (χ1) is 16.3. The molecular formula is C25H21N3O4S2. The van der Waals surface area contributed by atoms with Gasteiger partial charge in [-0.2, -0.15) is 0 Å². The molecule has 0 bridgehead atoms. The SMILES string of the molecule is CS(=O)(=O)c1ccc2nc(NC(=O)Cn3ccc4cc(OCc5ccccc5)ccc43)sc2c1. The van der Waals surface area contributed by atoms with E-state index in [9.17, 15) is 13.2 Å². The van der Waals surface area contributed by atoms with Crippen molar-refractivity contribution in [2.75, 3.05) is 11.6 Å². The van der Waals surface area contributed by atoms with Crippen LogP contribution < -0.4 is 10.1 Å². The molecule has 0 aliphatic carbocycles. The molecule has 0 saturated carbocycles. The maximum atomic E-state index is 12.7. The molecule has 0 radical (unpaired) electrons. The third kappa shape index (κ3) is 4.80. The van der Waals surface area contributed by atoms with Crippen molar-refractivity contribution in [1.82, 2.24) is 9.55 Å². The quantitative estimate of drug-likeness (QED) is 0.351. The van der Waals surface area contributed by atoms with Gasteiger partial charge in [0.15, 0.2) is 15.0 Å². The number of nitrogens with zero attached hydrogens (tertiary/aromatic N) is 2. The molecule has 3 aromatic carbocycles. The molecule has 2 aromatic heterocycles. The Morgan fingerprint density at radius 3 is 2.68 bits per heavy atom. The number of fused-ring (bicyclic) bond motifs is 2. The molecule has 0 unspecified atom stereocenters. The Hall–Kier alpha value is -3.69. The van der Waals surface area contributed by atoms with E-state index >= 15 is 0 Å². The summed E-state index contributed by atoms with van der Waals surface area (Å²) < 4.78 is 32.0. The second-order valence-electron chi connectivity index (χ2n) is 7.91. The van der Waals surface area contributed by atoms with Crippen molar-refractivity contribution < 1.29 is 17.9 Å². The van der Waals surface area contributed by atoms with Gasteiger partial charge in [0.1, 0.15) is 18.9 Å². The van der Waals surface area contributed by atoms with E-state index in [2.05, 4.69) is 10.3 Å². The molecule has 1 N–H and O–H groups in total. The fraction of sp³-hybridized carbons (Fsp3) is 0.120. The van der Waals surface area contributed by atoms with Gasteiger partial charge in [-0.3, -0.25) is 4.79 Å². The minimum atomic E-state index is -3.31. The molecule has 5 rings (SSSR count). The largest absolute Gasteiger partial charge is 0.489 e. The van der Waals surface area contributed by atoms with Crippen LogP contribution in [0, 0.1) is 0 Å². The third-order valence-electron chi connectivity index (χ3n) is 5.34. The van der Waals surface area contributed by atoms with Crippen molar-refractivity contribution in [2.24, 2.45) is 0 Å². The predicted molar refractivity (Wildman–Crippen MR) is 134 cm³/mol. The molecule has 172 valence electrons. The van der Waals surface area contributed by atoms with Crippen molar-refractivity contribution in [3.63, 3.8) is 0 Å².